The summed E-state index contributed by atoms with van der Waals surface area (Å²) in [6.07, 6.45) is 6.37. The average molecular weight is 359 g/mol. The summed E-state index contributed by atoms with van der Waals surface area (Å²) in [5.41, 5.74) is 1.63. The van der Waals surface area contributed by atoms with Crippen LogP contribution in [0, 0.1) is 0 Å². The standard InChI is InChI=1S/C20H19ClO4/c1-23-17-6-4-5-14(11-17)7-9-16(22)10-8-15-12-18(21)20(25-3)19(13-15)24-2/h4-13H,1-3H3/b9-7+,10-8+. The molecule has 0 aliphatic carbocycles. The van der Waals surface area contributed by atoms with Gasteiger partial charge in [0.25, 0.3) is 0 Å². The second-order valence-corrected chi connectivity index (χ2v) is 5.49. The van der Waals surface area contributed by atoms with Gasteiger partial charge in [0.05, 0.1) is 26.4 Å². The number of carbonyl (C=O) groups excluding carboxylic acids is 1. The first-order valence-electron chi connectivity index (χ1n) is 7.53. The Morgan fingerprint density at radius 2 is 1.64 bits per heavy atom. The number of rotatable bonds is 7. The highest BCUT2D eigenvalue weighted by atomic mass is 35.5. The van der Waals surface area contributed by atoms with Crippen LogP contribution in [-0.4, -0.2) is 27.1 Å². The van der Waals surface area contributed by atoms with E-state index in [9.17, 15) is 4.79 Å². The van der Waals surface area contributed by atoms with Gasteiger partial charge in [0.1, 0.15) is 5.75 Å². The zero-order valence-corrected chi connectivity index (χ0v) is 15.0. The van der Waals surface area contributed by atoms with Crippen molar-refractivity contribution in [2.24, 2.45) is 0 Å². The number of hydrogen-bond acceptors (Lipinski definition) is 4. The molecule has 0 saturated carbocycles. The molecule has 0 aliphatic heterocycles. The summed E-state index contributed by atoms with van der Waals surface area (Å²) in [6, 6.07) is 10.9. The van der Waals surface area contributed by atoms with Crippen molar-refractivity contribution in [3.63, 3.8) is 0 Å². The molecule has 25 heavy (non-hydrogen) atoms. The molecule has 2 aromatic rings. The van der Waals surface area contributed by atoms with E-state index >= 15 is 0 Å². The fourth-order valence-corrected chi connectivity index (χ4v) is 2.49. The number of ketones is 1. The fourth-order valence-electron chi connectivity index (χ4n) is 2.19. The molecule has 0 radical (unpaired) electrons. The smallest absolute Gasteiger partial charge is 0.179 e. The molecule has 0 N–H and O–H groups in total. The minimum absolute atomic E-state index is 0.145. The van der Waals surface area contributed by atoms with Gasteiger partial charge in [-0.1, -0.05) is 35.9 Å². The molecular weight excluding hydrogens is 340 g/mol. The summed E-state index contributed by atoms with van der Waals surface area (Å²) in [5, 5.41) is 0.417. The van der Waals surface area contributed by atoms with Crippen LogP contribution >= 0.6 is 11.6 Å². The van der Waals surface area contributed by atoms with Crippen LogP contribution in [0.25, 0.3) is 12.2 Å². The third-order valence-electron chi connectivity index (χ3n) is 3.43. The predicted molar refractivity (Wildman–Crippen MR) is 101 cm³/mol. The van der Waals surface area contributed by atoms with E-state index < -0.39 is 0 Å². The van der Waals surface area contributed by atoms with Gasteiger partial charge in [-0.2, -0.15) is 0 Å². The number of hydrogen-bond donors (Lipinski definition) is 0. The molecule has 0 unspecified atom stereocenters. The van der Waals surface area contributed by atoms with E-state index in [1.165, 1.54) is 26.4 Å². The molecular formula is C20H19ClO4. The van der Waals surface area contributed by atoms with Crippen LogP contribution in [0.3, 0.4) is 0 Å². The van der Waals surface area contributed by atoms with Gasteiger partial charge >= 0.3 is 0 Å². The van der Waals surface area contributed by atoms with Crippen LogP contribution in [0.4, 0.5) is 0 Å². The van der Waals surface area contributed by atoms with Gasteiger partial charge in [-0.3, -0.25) is 4.79 Å². The average Bonchev–Trinajstić information content (AvgIpc) is 2.64. The monoisotopic (exact) mass is 358 g/mol. The van der Waals surface area contributed by atoms with E-state index in [0.29, 0.717) is 16.5 Å². The lowest BCUT2D eigenvalue weighted by Crippen LogP contribution is -1.92. The van der Waals surface area contributed by atoms with Gasteiger partial charge in [-0.05, 0) is 47.5 Å². The zero-order valence-electron chi connectivity index (χ0n) is 14.3. The molecule has 2 aromatic carbocycles. The fraction of sp³-hybridized carbons (Fsp3) is 0.150. The van der Waals surface area contributed by atoms with Crippen LogP contribution < -0.4 is 14.2 Å². The Balaban J connectivity index is 2.12. The quantitative estimate of drug-likeness (QED) is 0.675. The van der Waals surface area contributed by atoms with E-state index in [1.54, 1.807) is 31.4 Å². The lowest BCUT2D eigenvalue weighted by molar-refractivity contribution is -0.110. The molecule has 0 bridgehead atoms. The van der Waals surface area contributed by atoms with Crippen LogP contribution in [-0.2, 0) is 4.79 Å². The van der Waals surface area contributed by atoms with Crippen LogP contribution in [0.15, 0.2) is 48.6 Å². The molecule has 5 heteroatoms. The summed E-state index contributed by atoms with van der Waals surface area (Å²) in [5.74, 6) is 1.57. The zero-order chi connectivity index (χ0) is 18.2. The third-order valence-corrected chi connectivity index (χ3v) is 3.71. The van der Waals surface area contributed by atoms with Crippen LogP contribution in [0.5, 0.6) is 17.2 Å². The van der Waals surface area contributed by atoms with Gasteiger partial charge in [0.2, 0.25) is 0 Å². The highest BCUT2D eigenvalue weighted by Crippen LogP contribution is 2.36. The topological polar surface area (TPSA) is 44.8 Å². The Hall–Kier alpha value is -2.72. The number of allylic oxidation sites excluding steroid dienone is 2. The Labute approximate surface area is 152 Å². The summed E-state index contributed by atoms with van der Waals surface area (Å²) in [4.78, 5) is 12.0. The number of methoxy groups -OCH3 is 3. The lowest BCUT2D eigenvalue weighted by Gasteiger charge is -2.10. The molecule has 0 saturated heterocycles. The minimum Gasteiger partial charge on any atom is -0.497 e. The first-order chi connectivity index (χ1) is 12.1. The Morgan fingerprint density at radius 3 is 2.28 bits per heavy atom. The summed E-state index contributed by atoms with van der Waals surface area (Å²) in [7, 11) is 4.65. The Bertz CT molecular complexity index is 809. The highest BCUT2D eigenvalue weighted by molar-refractivity contribution is 6.32. The first-order valence-corrected chi connectivity index (χ1v) is 7.91. The van der Waals surface area contributed by atoms with Gasteiger partial charge < -0.3 is 14.2 Å². The third kappa shape index (κ3) is 5.13. The van der Waals surface area contributed by atoms with Crippen molar-refractivity contribution in [3.05, 3.63) is 64.7 Å². The van der Waals surface area contributed by atoms with Crippen molar-refractivity contribution < 1.29 is 19.0 Å². The van der Waals surface area contributed by atoms with Gasteiger partial charge in [0, 0.05) is 0 Å². The van der Waals surface area contributed by atoms with Crippen molar-refractivity contribution in [1.29, 1.82) is 0 Å². The van der Waals surface area contributed by atoms with E-state index in [4.69, 9.17) is 25.8 Å². The molecule has 2 rings (SSSR count). The Morgan fingerprint density at radius 1 is 0.920 bits per heavy atom. The van der Waals surface area contributed by atoms with Crippen molar-refractivity contribution in [3.8, 4) is 17.2 Å². The van der Waals surface area contributed by atoms with Crippen LogP contribution in [0.2, 0.25) is 5.02 Å². The van der Waals surface area contributed by atoms with E-state index in [0.717, 1.165) is 16.9 Å². The number of benzene rings is 2. The normalized spacial score (nSPS) is 11.0. The van der Waals surface area contributed by atoms with E-state index in [-0.39, 0.29) is 5.78 Å². The van der Waals surface area contributed by atoms with Crippen molar-refractivity contribution >= 4 is 29.5 Å². The number of ether oxygens (including phenoxy) is 3. The molecule has 0 atom stereocenters. The minimum atomic E-state index is -0.145. The maximum Gasteiger partial charge on any atom is 0.179 e. The molecule has 0 aromatic heterocycles. The Kier molecular flexibility index (Phi) is 6.66. The molecule has 4 nitrogen and oxygen atoms in total. The summed E-state index contributed by atoms with van der Waals surface area (Å²) < 4.78 is 15.6. The summed E-state index contributed by atoms with van der Waals surface area (Å²) >= 11 is 6.15. The largest absolute Gasteiger partial charge is 0.497 e. The highest BCUT2D eigenvalue weighted by Gasteiger charge is 2.09. The number of carbonyl (C=O) groups is 1. The summed E-state index contributed by atoms with van der Waals surface area (Å²) in [6.45, 7) is 0. The second-order valence-electron chi connectivity index (χ2n) is 5.08. The van der Waals surface area contributed by atoms with Crippen molar-refractivity contribution in [2.45, 2.75) is 0 Å². The predicted octanol–water partition coefficient (Wildman–Crippen LogP) is 4.66. The SMILES string of the molecule is COc1cccc(/C=C/C(=O)/C=C/c2cc(Cl)c(OC)c(OC)c2)c1. The van der Waals surface area contributed by atoms with Crippen molar-refractivity contribution in [1.82, 2.24) is 0 Å². The second kappa shape index (κ2) is 8.94. The number of halogens is 1. The molecule has 0 aliphatic rings. The van der Waals surface area contributed by atoms with Crippen LogP contribution in [0.1, 0.15) is 11.1 Å². The van der Waals surface area contributed by atoms with Gasteiger partial charge in [-0.15, -0.1) is 0 Å². The molecule has 0 fully saturated rings. The van der Waals surface area contributed by atoms with E-state index in [2.05, 4.69) is 0 Å². The van der Waals surface area contributed by atoms with Crippen molar-refractivity contribution in [2.75, 3.05) is 21.3 Å². The lowest BCUT2D eigenvalue weighted by atomic mass is 10.1. The van der Waals surface area contributed by atoms with Gasteiger partial charge in [0.15, 0.2) is 17.3 Å². The van der Waals surface area contributed by atoms with Gasteiger partial charge in [-0.25, -0.2) is 0 Å². The molecule has 0 spiro atoms. The van der Waals surface area contributed by atoms with E-state index in [1.807, 2.05) is 24.3 Å². The molecule has 130 valence electrons. The molecule has 0 amide bonds. The maximum atomic E-state index is 12.0. The first kappa shape index (κ1) is 18.6. The molecule has 0 heterocycles. The maximum absolute atomic E-state index is 12.0.